The predicted molar refractivity (Wildman–Crippen MR) is 115 cm³/mol. The van der Waals surface area contributed by atoms with Crippen molar-refractivity contribution in [1.29, 1.82) is 0 Å². The zero-order chi connectivity index (χ0) is 20.1. The molecule has 0 atom stereocenters. The van der Waals surface area contributed by atoms with Crippen molar-refractivity contribution < 1.29 is 4.79 Å². The number of nitrogens with zero attached hydrogens (tertiary/aromatic N) is 3. The molecule has 0 bridgehead atoms. The maximum Gasteiger partial charge on any atom is 0.230 e. The Labute approximate surface area is 170 Å². The number of unbranched alkanes of at least 4 members (excludes halogenated alkanes) is 2. The second kappa shape index (κ2) is 9.15. The van der Waals surface area contributed by atoms with Crippen LogP contribution in [0.2, 0.25) is 0 Å². The molecule has 3 aromatic rings. The minimum absolute atomic E-state index is 0.0608. The van der Waals surface area contributed by atoms with E-state index < -0.39 is 0 Å². The molecule has 28 heavy (non-hydrogen) atoms. The third kappa shape index (κ3) is 4.87. The lowest BCUT2D eigenvalue weighted by Crippen LogP contribution is -2.14. The molecule has 3 rings (SSSR count). The smallest absolute Gasteiger partial charge is 0.230 e. The summed E-state index contributed by atoms with van der Waals surface area (Å²) in [7, 11) is 0. The molecule has 0 aliphatic heterocycles. The molecule has 0 fully saturated rings. The van der Waals surface area contributed by atoms with Gasteiger partial charge in [-0.3, -0.25) is 4.79 Å². The van der Waals surface area contributed by atoms with Crippen molar-refractivity contribution in [3.05, 3.63) is 57.9 Å². The minimum Gasteiger partial charge on any atom is -0.326 e. The van der Waals surface area contributed by atoms with Crippen LogP contribution in [0, 0.1) is 20.8 Å². The quantitative estimate of drug-likeness (QED) is 0.535. The van der Waals surface area contributed by atoms with E-state index in [0.717, 1.165) is 34.3 Å². The van der Waals surface area contributed by atoms with Gasteiger partial charge in [0.1, 0.15) is 0 Å². The number of hydrogen-bond donors (Lipinski definition) is 1. The number of nitrogens with one attached hydrogen (secondary N) is 1. The van der Waals surface area contributed by atoms with Gasteiger partial charge in [0.15, 0.2) is 0 Å². The van der Waals surface area contributed by atoms with Gasteiger partial charge < -0.3 is 5.32 Å². The molecule has 0 spiro atoms. The highest BCUT2D eigenvalue weighted by Gasteiger charge is 2.16. The number of aryl methyl sites for hydroxylation is 2. The molecule has 1 aromatic carbocycles. The van der Waals surface area contributed by atoms with Crippen LogP contribution in [0.5, 0.6) is 0 Å². The number of carbonyl (C=O) groups excluding carboxylic acids is 1. The van der Waals surface area contributed by atoms with Crippen molar-refractivity contribution in [2.24, 2.45) is 0 Å². The predicted octanol–water partition coefficient (Wildman–Crippen LogP) is 5.17. The summed E-state index contributed by atoms with van der Waals surface area (Å²) < 4.78 is 1.92. The van der Waals surface area contributed by atoms with E-state index in [9.17, 15) is 4.79 Å². The van der Waals surface area contributed by atoms with Crippen LogP contribution in [0.15, 0.2) is 29.6 Å². The molecule has 6 heteroatoms. The zero-order valence-electron chi connectivity index (χ0n) is 17.1. The van der Waals surface area contributed by atoms with E-state index in [-0.39, 0.29) is 12.3 Å². The van der Waals surface area contributed by atoms with E-state index >= 15 is 0 Å². The van der Waals surface area contributed by atoms with Crippen molar-refractivity contribution >= 4 is 22.9 Å². The Hall–Kier alpha value is -2.47. The normalized spacial score (nSPS) is 11.0. The number of anilines is 1. The molecule has 0 radical (unpaired) electrons. The van der Waals surface area contributed by atoms with Gasteiger partial charge in [0.05, 0.1) is 17.8 Å². The lowest BCUT2D eigenvalue weighted by Gasteiger charge is -2.04. The van der Waals surface area contributed by atoms with E-state index in [1.165, 1.54) is 41.7 Å². The summed E-state index contributed by atoms with van der Waals surface area (Å²) in [6.45, 7) is 8.41. The summed E-state index contributed by atoms with van der Waals surface area (Å²) in [6, 6.07) is 7.79. The first-order chi connectivity index (χ1) is 13.5. The van der Waals surface area contributed by atoms with E-state index in [0.29, 0.717) is 0 Å². The molecule has 5 nitrogen and oxygen atoms in total. The van der Waals surface area contributed by atoms with Gasteiger partial charge in [-0.1, -0.05) is 37.5 Å². The Morgan fingerprint density at radius 1 is 1.14 bits per heavy atom. The van der Waals surface area contributed by atoms with E-state index in [2.05, 4.69) is 31.1 Å². The molecule has 1 N–H and O–H groups in total. The molecule has 1 amide bonds. The summed E-state index contributed by atoms with van der Waals surface area (Å²) in [5.41, 5.74) is 6.29. The number of hydrogen-bond acceptors (Lipinski definition) is 4. The SMILES string of the molecule is CCCCCc1c(C)nn(-c2nc(CC(=O)Nc3ccc(C)cc3)cs2)c1C. The monoisotopic (exact) mass is 396 g/mol. The molecule has 2 heterocycles. The van der Waals surface area contributed by atoms with E-state index in [4.69, 9.17) is 5.10 Å². The number of rotatable bonds is 8. The van der Waals surface area contributed by atoms with Crippen molar-refractivity contribution in [3.63, 3.8) is 0 Å². The Morgan fingerprint density at radius 2 is 1.89 bits per heavy atom. The molecule has 0 aliphatic carbocycles. The van der Waals surface area contributed by atoms with Gasteiger partial charge in [0, 0.05) is 16.8 Å². The number of carbonyl (C=O) groups is 1. The third-order valence-electron chi connectivity index (χ3n) is 4.87. The second-order valence-electron chi connectivity index (χ2n) is 7.23. The van der Waals surface area contributed by atoms with Crippen LogP contribution >= 0.6 is 11.3 Å². The highest BCUT2D eigenvalue weighted by atomic mass is 32.1. The number of benzene rings is 1. The Morgan fingerprint density at radius 3 is 2.61 bits per heavy atom. The summed E-state index contributed by atoms with van der Waals surface area (Å²) in [5.74, 6) is -0.0608. The van der Waals surface area contributed by atoms with E-state index in [1.807, 2.05) is 41.3 Å². The van der Waals surface area contributed by atoms with Crippen LogP contribution in [0.3, 0.4) is 0 Å². The molecule has 0 unspecified atom stereocenters. The number of amides is 1. The lowest BCUT2D eigenvalue weighted by molar-refractivity contribution is -0.115. The van der Waals surface area contributed by atoms with Gasteiger partial charge in [-0.25, -0.2) is 9.67 Å². The Balaban J connectivity index is 1.67. The summed E-state index contributed by atoms with van der Waals surface area (Å²) in [4.78, 5) is 17.0. The fourth-order valence-electron chi connectivity index (χ4n) is 3.26. The second-order valence-corrected chi connectivity index (χ2v) is 8.07. The fraction of sp³-hybridized carbons (Fsp3) is 0.409. The molecule has 148 valence electrons. The third-order valence-corrected chi connectivity index (χ3v) is 5.73. The standard InChI is InChI=1S/C22H28N4OS/c1-5-6-7-8-20-16(3)25-26(17(20)4)22-24-19(14-28-22)13-21(27)23-18-11-9-15(2)10-12-18/h9-12,14H,5-8,13H2,1-4H3,(H,23,27). The first-order valence-electron chi connectivity index (χ1n) is 9.84. The van der Waals surface area contributed by atoms with Crippen LogP contribution in [0.25, 0.3) is 5.13 Å². The molecular weight excluding hydrogens is 368 g/mol. The van der Waals surface area contributed by atoms with Crippen LogP contribution in [-0.4, -0.2) is 20.7 Å². The summed E-state index contributed by atoms with van der Waals surface area (Å²) in [5, 5.41) is 10.4. The topological polar surface area (TPSA) is 59.8 Å². The van der Waals surface area contributed by atoms with Crippen LogP contribution in [0.1, 0.15) is 54.4 Å². The summed E-state index contributed by atoms with van der Waals surface area (Å²) in [6.07, 6.45) is 4.95. The molecule has 2 aromatic heterocycles. The highest BCUT2D eigenvalue weighted by Crippen LogP contribution is 2.23. The van der Waals surface area contributed by atoms with Gasteiger partial charge in [-0.2, -0.15) is 5.10 Å². The summed E-state index contributed by atoms with van der Waals surface area (Å²) >= 11 is 1.53. The maximum absolute atomic E-state index is 12.3. The van der Waals surface area contributed by atoms with Gasteiger partial charge >= 0.3 is 0 Å². The van der Waals surface area contributed by atoms with Crippen LogP contribution < -0.4 is 5.32 Å². The lowest BCUT2D eigenvalue weighted by atomic mass is 10.1. The largest absolute Gasteiger partial charge is 0.326 e. The van der Waals surface area contributed by atoms with Gasteiger partial charge in [0.2, 0.25) is 11.0 Å². The van der Waals surface area contributed by atoms with Gasteiger partial charge in [-0.05, 0) is 51.3 Å². The van der Waals surface area contributed by atoms with Crippen LogP contribution in [0.4, 0.5) is 5.69 Å². The van der Waals surface area contributed by atoms with Crippen molar-refractivity contribution in [3.8, 4) is 5.13 Å². The minimum atomic E-state index is -0.0608. The fourth-order valence-corrected chi connectivity index (χ4v) is 4.08. The van der Waals surface area contributed by atoms with Crippen molar-refractivity contribution in [1.82, 2.24) is 14.8 Å². The molecule has 0 saturated heterocycles. The first-order valence-corrected chi connectivity index (χ1v) is 10.7. The number of thiazole rings is 1. The van der Waals surface area contributed by atoms with Crippen LogP contribution in [-0.2, 0) is 17.6 Å². The average molecular weight is 397 g/mol. The van der Waals surface area contributed by atoms with E-state index in [1.54, 1.807) is 0 Å². The number of aromatic nitrogens is 3. The van der Waals surface area contributed by atoms with Gasteiger partial charge in [-0.15, -0.1) is 11.3 Å². The molecule has 0 aliphatic rings. The first kappa shape index (κ1) is 20.3. The maximum atomic E-state index is 12.3. The zero-order valence-corrected chi connectivity index (χ0v) is 17.9. The molecule has 0 saturated carbocycles. The molecular formula is C22H28N4OS. The average Bonchev–Trinajstić information content (AvgIpc) is 3.22. The Kier molecular flexibility index (Phi) is 6.62. The van der Waals surface area contributed by atoms with Crippen molar-refractivity contribution in [2.75, 3.05) is 5.32 Å². The van der Waals surface area contributed by atoms with Gasteiger partial charge in [0.25, 0.3) is 0 Å². The Bertz CT molecular complexity index is 940. The highest BCUT2D eigenvalue weighted by molar-refractivity contribution is 7.12. The van der Waals surface area contributed by atoms with Crippen molar-refractivity contribution in [2.45, 2.75) is 59.8 Å².